The van der Waals surface area contributed by atoms with Crippen LogP contribution < -0.4 is 5.32 Å². The van der Waals surface area contributed by atoms with Crippen LogP contribution in [0.3, 0.4) is 0 Å². The topological polar surface area (TPSA) is 42.0 Å². The predicted molar refractivity (Wildman–Crippen MR) is 76.1 cm³/mol. The van der Waals surface area contributed by atoms with E-state index in [9.17, 15) is 4.79 Å². The molecular formula is C13H10BrClN2O. The van der Waals surface area contributed by atoms with Gasteiger partial charge in [0.15, 0.2) is 0 Å². The van der Waals surface area contributed by atoms with Crippen LogP contribution in [0.4, 0.5) is 5.69 Å². The van der Waals surface area contributed by atoms with Gasteiger partial charge in [-0.3, -0.25) is 4.79 Å². The van der Waals surface area contributed by atoms with E-state index in [1.807, 2.05) is 19.1 Å². The van der Waals surface area contributed by atoms with E-state index in [1.165, 1.54) is 0 Å². The number of hydrogen-bond donors (Lipinski definition) is 1. The molecule has 3 nitrogen and oxygen atoms in total. The van der Waals surface area contributed by atoms with E-state index in [0.29, 0.717) is 20.9 Å². The van der Waals surface area contributed by atoms with Gasteiger partial charge in [-0.15, -0.1) is 0 Å². The third-order valence-corrected chi connectivity index (χ3v) is 3.34. The molecule has 1 aromatic heterocycles. The van der Waals surface area contributed by atoms with Gasteiger partial charge in [-0.2, -0.15) is 0 Å². The Kier molecular flexibility index (Phi) is 3.99. The molecule has 5 heteroatoms. The van der Waals surface area contributed by atoms with Crippen molar-refractivity contribution in [3.8, 4) is 0 Å². The fourth-order valence-electron chi connectivity index (χ4n) is 1.48. The lowest BCUT2D eigenvalue weighted by Gasteiger charge is -2.08. The van der Waals surface area contributed by atoms with Crippen LogP contribution in [0.15, 0.2) is 41.1 Å². The fourth-order valence-corrected chi connectivity index (χ4v) is 2.08. The molecule has 2 rings (SSSR count). The van der Waals surface area contributed by atoms with Gasteiger partial charge in [0.05, 0.1) is 16.3 Å². The molecule has 0 bridgehead atoms. The van der Waals surface area contributed by atoms with Crippen LogP contribution in [-0.4, -0.2) is 10.9 Å². The SMILES string of the molecule is Cc1ccc(Cl)c(NC(=O)c2cccnc2Br)c1. The van der Waals surface area contributed by atoms with Crippen LogP contribution in [0.1, 0.15) is 15.9 Å². The molecule has 1 N–H and O–H groups in total. The molecule has 0 fully saturated rings. The normalized spacial score (nSPS) is 10.2. The molecule has 0 atom stereocenters. The molecule has 0 spiro atoms. The maximum absolute atomic E-state index is 12.1. The zero-order valence-corrected chi connectivity index (χ0v) is 11.9. The number of halogens is 2. The number of carbonyl (C=O) groups is 1. The molecule has 0 aliphatic heterocycles. The van der Waals surface area contributed by atoms with Gasteiger partial charge in [0.1, 0.15) is 4.60 Å². The maximum Gasteiger partial charge on any atom is 0.258 e. The number of pyridine rings is 1. The van der Waals surface area contributed by atoms with E-state index < -0.39 is 0 Å². The van der Waals surface area contributed by atoms with Crippen LogP contribution in [0, 0.1) is 6.92 Å². The Balaban J connectivity index is 2.27. The van der Waals surface area contributed by atoms with E-state index in [2.05, 4.69) is 26.2 Å². The van der Waals surface area contributed by atoms with Gasteiger partial charge in [-0.25, -0.2) is 4.98 Å². The summed E-state index contributed by atoms with van der Waals surface area (Å²) in [7, 11) is 0. The molecule has 0 aliphatic carbocycles. The summed E-state index contributed by atoms with van der Waals surface area (Å²) in [5.41, 5.74) is 2.09. The summed E-state index contributed by atoms with van der Waals surface area (Å²) in [5, 5.41) is 3.28. The first-order valence-corrected chi connectivity index (χ1v) is 6.43. The van der Waals surface area contributed by atoms with Crippen molar-refractivity contribution in [2.45, 2.75) is 6.92 Å². The summed E-state index contributed by atoms with van der Waals surface area (Å²) in [5.74, 6) is -0.248. The number of aromatic nitrogens is 1. The summed E-state index contributed by atoms with van der Waals surface area (Å²) in [4.78, 5) is 16.1. The quantitative estimate of drug-likeness (QED) is 0.846. The number of carbonyl (C=O) groups excluding carboxylic acids is 1. The van der Waals surface area contributed by atoms with Crippen molar-refractivity contribution in [3.63, 3.8) is 0 Å². The zero-order chi connectivity index (χ0) is 13.1. The summed E-state index contributed by atoms with van der Waals surface area (Å²) in [6.45, 7) is 1.94. The molecule has 1 amide bonds. The molecule has 92 valence electrons. The van der Waals surface area contributed by atoms with E-state index >= 15 is 0 Å². The average Bonchev–Trinajstić information content (AvgIpc) is 2.34. The van der Waals surface area contributed by atoms with Crippen molar-refractivity contribution in [3.05, 3.63) is 57.3 Å². The number of anilines is 1. The van der Waals surface area contributed by atoms with Crippen molar-refractivity contribution < 1.29 is 4.79 Å². The fraction of sp³-hybridized carbons (Fsp3) is 0.0769. The van der Waals surface area contributed by atoms with Crippen molar-refractivity contribution in [2.75, 3.05) is 5.32 Å². The van der Waals surface area contributed by atoms with Crippen molar-refractivity contribution >= 4 is 39.1 Å². The first-order chi connectivity index (χ1) is 8.58. The lowest BCUT2D eigenvalue weighted by Crippen LogP contribution is -2.13. The van der Waals surface area contributed by atoms with E-state index in [4.69, 9.17) is 11.6 Å². The molecule has 1 heterocycles. The summed E-state index contributed by atoms with van der Waals surface area (Å²) in [6.07, 6.45) is 1.61. The minimum atomic E-state index is -0.248. The van der Waals surface area contributed by atoms with Gasteiger partial charge in [0.2, 0.25) is 0 Å². The van der Waals surface area contributed by atoms with E-state index in [1.54, 1.807) is 24.4 Å². The second kappa shape index (κ2) is 5.50. The Morgan fingerprint density at radius 2 is 2.17 bits per heavy atom. The molecule has 0 unspecified atom stereocenters. The molecular weight excluding hydrogens is 316 g/mol. The van der Waals surface area contributed by atoms with Crippen molar-refractivity contribution in [1.82, 2.24) is 4.98 Å². The molecule has 1 aromatic carbocycles. The lowest BCUT2D eigenvalue weighted by atomic mass is 10.2. The predicted octanol–water partition coefficient (Wildman–Crippen LogP) is 4.06. The minimum absolute atomic E-state index is 0.248. The number of benzene rings is 1. The Bertz CT molecular complexity index is 601. The molecule has 2 aromatic rings. The summed E-state index contributed by atoms with van der Waals surface area (Å²) < 4.78 is 0.506. The Labute approximate surface area is 118 Å². The van der Waals surface area contributed by atoms with Gasteiger partial charge in [0, 0.05) is 6.20 Å². The standard InChI is InChI=1S/C13H10BrClN2O/c1-8-4-5-10(15)11(7-8)17-13(18)9-3-2-6-16-12(9)14/h2-7H,1H3,(H,17,18). The van der Waals surface area contributed by atoms with Crippen LogP contribution in [0.5, 0.6) is 0 Å². The van der Waals surface area contributed by atoms with Crippen molar-refractivity contribution in [1.29, 1.82) is 0 Å². The third-order valence-electron chi connectivity index (χ3n) is 2.37. The molecule has 0 aliphatic rings. The van der Waals surface area contributed by atoms with Gasteiger partial charge >= 0.3 is 0 Å². The molecule has 0 saturated heterocycles. The highest BCUT2D eigenvalue weighted by Crippen LogP contribution is 2.24. The second-order valence-electron chi connectivity index (χ2n) is 3.78. The van der Waals surface area contributed by atoms with Gasteiger partial charge in [-0.05, 0) is 52.7 Å². The summed E-state index contributed by atoms with van der Waals surface area (Å²) >= 11 is 9.26. The number of nitrogens with one attached hydrogen (secondary N) is 1. The smallest absolute Gasteiger partial charge is 0.258 e. The van der Waals surface area contributed by atoms with Crippen LogP contribution >= 0.6 is 27.5 Å². The number of aryl methyl sites for hydroxylation is 1. The minimum Gasteiger partial charge on any atom is -0.321 e. The number of nitrogens with zero attached hydrogens (tertiary/aromatic N) is 1. The number of hydrogen-bond acceptors (Lipinski definition) is 2. The highest BCUT2D eigenvalue weighted by Gasteiger charge is 2.12. The lowest BCUT2D eigenvalue weighted by molar-refractivity contribution is 0.102. The van der Waals surface area contributed by atoms with Crippen LogP contribution in [-0.2, 0) is 0 Å². The van der Waals surface area contributed by atoms with Gasteiger partial charge in [-0.1, -0.05) is 17.7 Å². The maximum atomic E-state index is 12.1. The first kappa shape index (κ1) is 13.1. The number of amides is 1. The zero-order valence-electron chi connectivity index (χ0n) is 9.58. The van der Waals surface area contributed by atoms with Crippen LogP contribution in [0.25, 0.3) is 0 Å². The largest absolute Gasteiger partial charge is 0.321 e. The molecule has 0 radical (unpaired) electrons. The Morgan fingerprint density at radius 1 is 1.39 bits per heavy atom. The Hall–Kier alpha value is -1.39. The third kappa shape index (κ3) is 2.89. The number of rotatable bonds is 2. The van der Waals surface area contributed by atoms with E-state index in [-0.39, 0.29) is 5.91 Å². The van der Waals surface area contributed by atoms with Crippen LogP contribution in [0.2, 0.25) is 5.02 Å². The van der Waals surface area contributed by atoms with Gasteiger partial charge < -0.3 is 5.32 Å². The van der Waals surface area contributed by atoms with Gasteiger partial charge in [0.25, 0.3) is 5.91 Å². The molecule has 0 saturated carbocycles. The highest BCUT2D eigenvalue weighted by molar-refractivity contribution is 9.10. The highest BCUT2D eigenvalue weighted by atomic mass is 79.9. The first-order valence-electron chi connectivity index (χ1n) is 5.26. The Morgan fingerprint density at radius 3 is 2.89 bits per heavy atom. The van der Waals surface area contributed by atoms with Crippen molar-refractivity contribution in [2.24, 2.45) is 0 Å². The van der Waals surface area contributed by atoms with E-state index in [0.717, 1.165) is 5.56 Å². The monoisotopic (exact) mass is 324 g/mol. The second-order valence-corrected chi connectivity index (χ2v) is 4.94. The summed E-state index contributed by atoms with van der Waals surface area (Å²) in [6, 6.07) is 8.86. The molecule has 18 heavy (non-hydrogen) atoms. The average molecular weight is 326 g/mol.